The van der Waals surface area contributed by atoms with E-state index in [-0.39, 0.29) is 0 Å². The second-order valence-corrected chi connectivity index (χ2v) is 12.9. The van der Waals surface area contributed by atoms with Crippen LogP contribution in [-0.4, -0.2) is 24.9 Å². The van der Waals surface area contributed by atoms with E-state index in [0.29, 0.717) is 17.5 Å². The van der Waals surface area contributed by atoms with Crippen molar-refractivity contribution >= 4 is 33.0 Å². The molecule has 53 heavy (non-hydrogen) atoms. The van der Waals surface area contributed by atoms with E-state index in [1.54, 1.807) is 0 Å². The van der Waals surface area contributed by atoms with E-state index in [9.17, 15) is 0 Å². The number of para-hydroxylation sites is 3. The molecule has 10 rings (SSSR count). The van der Waals surface area contributed by atoms with Crippen molar-refractivity contribution in [2.75, 3.05) is 0 Å². The number of hydrogen-bond donors (Lipinski definition) is 0. The van der Waals surface area contributed by atoms with Gasteiger partial charge in [-0.25, -0.2) is 24.9 Å². The van der Waals surface area contributed by atoms with Gasteiger partial charge in [0.25, 0.3) is 0 Å². The van der Waals surface area contributed by atoms with Crippen molar-refractivity contribution in [3.05, 3.63) is 176 Å². The van der Waals surface area contributed by atoms with E-state index in [1.165, 1.54) is 0 Å². The van der Waals surface area contributed by atoms with Crippen LogP contribution in [0.5, 0.6) is 0 Å². The lowest BCUT2D eigenvalue weighted by atomic mass is 9.97. The molecule has 0 atom stereocenters. The number of rotatable bonds is 6. The predicted octanol–water partition coefficient (Wildman–Crippen LogP) is 11.7. The van der Waals surface area contributed by atoms with Crippen molar-refractivity contribution in [3.63, 3.8) is 0 Å². The molecule has 0 N–H and O–H groups in total. The Morgan fingerprint density at radius 2 is 0.736 bits per heavy atom. The molecule has 0 spiro atoms. The van der Waals surface area contributed by atoms with Crippen LogP contribution in [0.4, 0.5) is 0 Å². The van der Waals surface area contributed by atoms with Crippen molar-refractivity contribution in [2.24, 2.45) is 0 Å². The molecule has 0 fully saturated rings. The van der Waals surface area contributed by atoms with Crippen LogP contribution in [0.15, 0.2) is 180 Å². The molecule has 0 amide bonds. The Labute approximate surface area is 305 Å². The molecular formula is C47H29N5O. The predicted molar refractivity (Wildman–Crippen MR) is 213 cm³/mol. The fourth-order valence-electron chi connectivity index (χ4n) is 6.90. The molecule has 10 aromatic rings. The second-order valence-electron chi connectivity index (χ2n) is 12.9. The first-order valence-corrected chi connectivity index (χ1v) is 17.5. The lowest BCUT2D eigenvalue weighted by molar-refractivity contribution is 0.669. The van der Waals surface area contributed by atoms with E-state index in [4.69, 9.17) is 29.3 Å². The zero-order chi connectivity index (χ0) is 35.1. The molecule has 0 saturated carbocycles. The molecule has 0 saturated heterocycles. The largest absolute Gasteiger partial charge is 0.456 e. The Hall–Kier alpha value is -7.31. The standard InChI is InChI=1S/C47H29N5O/c1-3-13-30(14-4-1)45-50-46(31-15-5-2-6-16-31)52-47(51-45)36-20-12-19-35(28-36)44-43(48-39-22-8-9-23-40(39)49-44)34-18-11-17-32(27-34)33-25-26-42-38(29-33)37-21-7-10-24-41(37)53-42/h1-29H. The number of fused-ring (bicyclic) bond motifs is 4. The first kappa shape index (κ1) is 30.5. The van der Waals surface area contributed by atoms with Gasteiger partial charge in [-0.2, -0.15) is 0 Å². The molecule has 0 radical (unpaired) electrons. The summed E-state index contributed by atoms with van der Waals surface area (Å²) in [6.07, 6.45) is 0. The Bertz CT molecular complexity index is 2900. The quantitative estimate of drug-likeness (QED) is 0.174. The number of nitrogens with zero attached hydrogens (tertiary/aromatic N) is 5. The van der Waals surface area contributed by atoms with E-state index < -0.39 is 0 Å². The minimum absolute atomic E-state index is 0.582. The first-order valence-electron chi connectivity index (χ1n) is 17.5. The molecule has 0 aliphatic heterocycles. The Balaban J connectivity index is 1.11. The van der Waals surface area contributed by atoms with E-state index in [2.05, 4.69) is 60.7 Å². The zero-order valence-corrected chi connectivity index (χ0v) is 28.4. The topological polar surface area (TPSA) is 77.6 Å². The van der Waals surface area contributed by atoms with Gasteiger partial charge in [0.05, 0.1) is 22.4 Å². The summed E-state index contributed by atoms with van der Waals surface area (Å²) in [6.45, 7) is 0. The molecule has 3 heterocycles. The summed E-state index contributed by atoms with van der Waals surface area (Å²) in [5, 5.41) is 2.20. The van der Waals surface area contributed by atoms with Crippen LogP contribution in [0.25, 0.3) is 101 Å². The highest BCUT2D eigenvalue weighted by Gasteiger charge is 2.18. The van der Waals surface area contributed by atoms with Crippen LogP contribution in [0.3, 0.4) is 0 Å². The molecular weight excluding hydrogens is 651 g/mol. The fraction of sp³-hybridized carbons (Fsp3) is 0. The van der Waals surface area contributed by atoms with E-state index in [0.717, 1.165) is 83.3 Å². The molecule has 6 heteroatoms. The molecule has 0 bridgehead atoms. The van der Waals surface area contributed by atoms with Gasteiger partial charge in [-0.1, -0.05) is 133 Å². The van der Waals surface area contributed by atoms with Crippen LogP contribution in [0.1, 0.15) is 0 Å². The summed E-state index contributed by atoms with van der Waals surface area (Å²) >= 11 is 0. The SMILES string of the molecule is c1ccc(-c2nc(-c3ccccc3)nc(-c3cccc(-c4nc5ccccc5nc4-c4cccc(-c5ccc6oc7ccccc7c6c5)c4)c3)n2)cc1. The van der Waals surface area contributed by atoms with Crippen molar-refractivity contribution in [3.8, 4) is 67.8 Å². The van der Waals surface area contributed by atoms with Crippen LogP contribution in [-0.2, 0) is 0 Å². The maximum atomic E-state index is 6.11. The summed E-state index contributed by atoms with van der Waals surface area (Å²) in [5.41, 5.74) is 11.7. The Morgan fingerprint density at radius 3 is 1.38 bits per heavy atom. The van der Waals surface area contributed by atoms with Crippen molar-refractivity contribution in [1.29, 1.82) is 0 Å². The summed E-state index contributed by atoms with van der Waals surface area (Å²) in [7, 11) is 0. The van der Waals surface area contributed by atoms with Crippen LogP contribution >= 0.6 is 0 Å². The number of benzene rings is 7. The van der Waals surface area contributed by atoms with Gasteiger partial charge < -0.3 is 4.42 Å². The highest BCUT2D eigenvalue weighted by molar-refractivity contribution is 6.06. The summed E-state index contributed by atoms with van der Waals surface area (Å²) in [5.74, 6) is 1.81. The summed E-state index contributed by atoms with van der Waals surface area (Å²) in [4.78, 5) is 25.3. The van der Waals surface area contributed by atoms with Gasteiger partial charge in [-0.3, -0.25) is 0 Å². The smallest absolute Gasteiger partial charge is 0.164 e. The third-order valence-corrected chi connectivity index (χ3v) is 9.51. The minimum Gasteiger partial charge on any atom is -0.456 e. The highest BCUT2D eigenvalue weighted by Crippen LogP contribution is 2.37. The van der Waals surface area contributed by atoms with Gasteiger partial charge >= 0.3 is 0 Å². The third kappa shape index (κ3) is 5.69. The molecule has 0 aliphatic carbocycles. The number of hydrogen-bond acceptors (Lipinski definition) is 6. The molecule has 248 valence electrons. The molecule has 6 nitrogen and oxygen atoms in total. The summed E-state index contributed by atoms with van der Waals surface area (Å²) < 4.78 is 6.11. The number of furan rings is 1. The van der Waals surface area contributed by atoms with Crippen molar-refractivity contribution < 1.29 is 4.42 Å². The average Bonchev–Trinajstić information content (AvgIpc) is 3.62. The average molecular weight is 680 g/mol. The third-order valence-electron chi connectivity index (χ3n) is 9.51. The monoisotopic (exact) mass is 679 g/mol. The molecule has 0 unspecified atom stereocenters. The van der Waals surface area contributed by atoms with E-state index >= 15 is 0 Å². The second kappa shape index (κ2) is 12.8. The molecule has 0 aliphatic rings. The minimum atomic E-state index is 0.582. The van der Waals surface area contributed by atoms with Crippen LogP contribution in [0, 0.1) is 0 Å². The van der Waals surface area contributed by atoms with Gasteiger partial charge in [-0.05, 0) is 53.6 Å². The maximum Gasteiger partial charge on any atom is 0.164 e. The normalized spacial score (nSPS) is 11.4. The Morgan fingerprint density at radius 1 is 0.283 bits per heavy atom. The zero-order valence-electron chi connectivity index (χ0n) is 28.4. The number of aromatic nitrogens is 5. The molecule has 7 aromatic carbocycles. The molecule has 3 aromatic heterocycles. The van der Waals surface area contributed by atoms with E-state index in [1.807, 2.05) is 115 Å². The highest BCUT2D eigenvalue weighted by atomic mass is 16.3. The summed E-state index contributed by atoms with van der Waals surface area (Å²) in [6, 6.07) is 59.3. The first-order chi connectivity index (χ1) is 26.2. The van der Waals surface area contributed by atoms with Gasteiger partial charge in [0, 0.05) is 38.6 Å². The lowest BCUT2D eigenvalue weighted by Crippen LogP contribution is -2.00. The van der Waals surface area contributed by atoms with Crippen LogP contribution in [0.2, 0.25) is 0 Å². The van der Waals surface area contributed by atoms with Crippen molar-refractivity contribution in [2.45, 2.75) is 0 Å². The van der Waals surface area contributed by atoms with Gasteiger partial charge in [-0.15, -0.1) is 0 Å². The van der Waals surface area contributed by atoms with Gasteiger partial charge in [0.15, 0.2) is 17.5 Å². The maximum absolute atomic E-state index is 6.11. The fourth-order valence-corrected chi connectivity index (χ4v) is 6.90. The van der Waals surface area contributed by atoms with Gasteiger partial charge in [0.2, 0.25) is 0 Å². The van der Waals surface area contributed by atoms with Crippen LogP contribution < -0.4 is 0 Å². The van der Waals surface area contributed by atoms with Crippen molar-refractivity contribution in [1.82, 2.24) is 24.9 Å². The van der Waals surface area contributed by atoms with Gasteiger partial charge in [0.1, 0.15) is 11.2 Å². The Kier molecular flexibility index (Phi) is 7.36. The lowest BCUT2D eigenvalue weighted by Gasteiger charge is -2.13.